The largest absolute Gasteiger partial charge is 0.327 e. The van der Waals surface area contributed by atoms with Crippen LogP contribution in [0.5, 0.6) is 0 Å². The number of benzene rings is 2. The molecule has 3 aromatic rings. The zero-order chi connectivity index (χ0) is 28.2. The van der Waals surface area contributed by atoms with Crippen molar-refractivity contribution in [2.45, 2.75) is 33.9 Å². The first-order chi connectivity index (χ1) is 18.6. The molecule has 39 heavy (non-hydrogen) atoms. The van der Waals surface area contributed by atoms with Gasteiger partial charge in [-0.15, -0.1) is 0 Å². The van der Waals surface area contributed by atoms with Gasteiger partial charge in [-0.3, -0.25) is 19.4 Å². The Bertz CT molecular complexity index is 1450. The van der Waals surface area contributed by atoms with Gasteiger partial charge in [-0.05, 0) is 36.8 Å². The molecular formula is C29H30N6O4. The van der Waals surface area contributed by atoms with Crippen molar-refractivity contribution < 1.29 is 19.2 Å². The number of nitrogens with one attached hydrogen (secondary N) is 3. The fourth-order valence-corrected chi connectivity index (χ4v) is 4.08. The van der Waals surface area contributed by atoms with E-state index in [2.05, 4.69) is 25.9 Å². The lowest BCUT2D eigenvalue weighted by molar-refractivity contribution is -0.127. The molecule has 10 heteroatoms. The highest BCUT2D eigenvalue weighted by molar-refractivity contribution is 6.20. The summed E-state index contributed by atoms with van der Waals surface area (Å²) in [5.74, 6) is -0.726. The Morgan fingerprint density at radius 3 is 2.46 bits per heavy atom. The van der Waals surface area contributed by atoms with E-state index in [-0.39, 0.29) is 12.3 Å². The van der Waals surface area contributed by atoms with Gasteiger partial charge in [0, 0.05) is 17.2 Å². The topological polar surface area (TPSA) is 133 Å². The maximum absolute atomic E-state index is 13.9. The van der Waals surface area contributed by atoms with E-state index in [9.17, 15) is 19.2 Å². The fourth-order valence-electron chi connectivity index (χ4n) is 4.08. The molecule has 0 saturated carbocycles. The van der Waals surface area contributed by atoms with Crippen LogP contribution in [0.15, 0.2) is 71.9 Å². The first kappa shape index (κ1) is 27.2. The molecule has 0 saturated heterocycles. The molecule has 2 aromatic carbocycles. The van der Waals surface area contributed by atoms with Crippen molar-refractivity contribution in [2.24, 2.45) is 10.4 Å². The number of carbonyl (C=O) groups excluding carboxylic acids is 4. The number of aliphatic imine (C=N–C) groups is 1. The normalized spacial score (nSPS) is 15.0. The summed E-state index contributed by atoms with van der Waals surface area (Å²) in [6.07, 6.45) is 0.766. The van der Waals surface area contributed by atoms with E-state index in [4.69, 9.17) is 0 Å². The van der Waals surface area contributed by atoms with Crippen molar-refractivity contribution in [3.05, 3.63) is 83.7 Å². The summed E-state index contributed by atoms with van der Waals surface area (Å²) < 4.78 is 0. The lowest BCUT2D eigenvalue weighted by Crippen LogP contribution is -2.50. The molecule has 4 rings (SSSR count). The van der Waals surface area contributed by atoms with Crippen LogP contribution in [0.1, 0.15) is 37.6 Å². The van der Waals surface area contributed by atoms with Gasteiger partial charge in [0.2, 0.25) is 12.6 Å². The average molecular weight is 527 g/mol. The number of anilines is 3. The van der Waals surface area contributed by atoms with Crippen molar-refractivity contribution >= 4 is 46.9 Å². The third-order valence-electron chi connectivity index (χ3n) is 6.25. The van der Waals surface area contributed by atoms with Gasteiger partial charge in [-0.2, -0.15) is 0 Å². The fraction of sp³-hybridized carbons (Fsp3) is 0.241. The van der Waals surface area contributed by atoms with E-state index in [0.717, 1.165) is 5.56 Å². The number of pyridine rings is 1. The SMILES string of the molecule is Cc1cccc(NC(=O)N[C@@H]2N=C(c3ccccn3)c3ccccc3N(CC(=O)C(C)(C)C)C2=O)c1NC=O. The molecule has 1 aromatic heterocycles. The van der Waals surface area contributed by atoms with Crippen molar-refractivity contribution in [3.63, 3.8) is 0 Å². The number of carbonyl (C=O) groups is 4. The molecule has 1 atom stereocenters. The van der Waals surface area contributed by atoms with Gasteiger partial charge in [0.25, 0.3) is 5.91 Å². The van der Waals surface area contributed by atoms with Crippen molar-refractivity contribution in [1.29, 1.82) is 0 Å². The Morgan fingerprint density at radius 2 is 1.77 bits per heavy atom. The number of aromatic nitrogens is 1. The highest BCUT2D eigenvalue weighted by Gasteiger charge is 2.36. The Kier molecular flexibility index (Phi) is 7.85. The summed E-state index contributed by atoms with van der Waals surface area (Å²) in [7, 11) is 0. The van der Waals surface area contributed by atoms with E-state index >= 15 is 0 Å². The maximum Gasteiger partial charge on any atom is 0.321 e. The van der Waals surface area contributed by atoms with Crippen LogP contribution in [0.4, 0.5) is 21.9 Å². The Labute approximate surface area is 226 Å². The summed E-state index contributed by atoms with van der Waals surface area (Å²) in [6.45, 7) is 6.95. The van der Waals surface area contributed by atoms with Crippen LogP contribution in [0, 0.1) is 12.3 Å². The summed E-state index contributed by atoms with van der Waals surface area (Å²) in [4.78, 5) is 61.7. The molecular weight excluding hydrogens is 496 g/mol. The van der Waals surface area contributed by atoms with E-state index in [1.165, 1.54) is 4.90 Å². The van der Waals surface area contributed by atoms with Crippen molar-refractivity contribution in [1.82, 2.24) is 10.3 Å². The monoisotopic (exact) mass is 526 g/mol. The molecule has 0 aliphatic carbocycles. The van der Waals surface area contributed by atoms with Crippen molar-refractivity contribution in [3.8, 4) is 0 Å². The van der Waals surface area contributed by atoms with Gasteiger partial charge in [-0.1, -0.05) is 57.2 Å². The minimum absolute atomic E-state index is 0.153. The van der Waals surface area contributed by atoms with Gasteiger partial charge in [0.1, 0.15) is 0 Å². The van der Waals surface area contributed by atoms with E-state index in [0.29, 0.717) is 40.4 Å². The molecule has 1 aliphatic rings. The molecule has 0 spiro atoms. The van der Waals surface area contributed by atoms with Crippen LogP contribution >= 0.6 is 0 Å². The average Bonchev–Trinajstić information content (AvgIpc) is 3.01. The number of ketones is 1. The number of urea groups is 1. The summed E-state index contributed by atoms with van der Waals surface area (Å²) in [5.41, 5.74) is 2.81. The van der Waals surface area contributed by atoms with Gasteiger partial charge in [-0.25, -0.2) is 9.79 Å². The minimum atomic E-state index is -1.37. The third-order valence-corrected chi connectivity index (χ3v) is 6.25. The number of benzodiazepines with no additional fused rings is 1. The molecule has 4 amide bonds. The number of hydrogen-bond acceptors (Lipinski definition) is 6. The number of fused-ring (bicyclic) bond motifs is 1. The van der Waals surface area contributed by atoms with E-state index < -0.39 is 23.5 Å². The Hall–Kier alpha value is -4.86. The zero-order valence-corrected chi connectivity index (χ0v) is 22.2. The van der Waals surface area contributed by atoms with Crippen LogP contribution in [-0.2, 0) is 14.4 Å². The Balaban J connectivity index is 1.75. The number of para-hydroxylation sites is 2. The second-order valence-corrected chi connectivity index (χ2v) is 10.1. The summed E-state index contributed by atoms with van der Waals surface area (Å²) in [5, 5.41) is 7.91. The summed E-state index contributed by atoms with van der Waals surface area (Å²) >= 11 is 0. The van der Waals surface area contributed by atoms with Gasteiger partial charge in [0.05, 0.1) is 35.0 Å². The van der Waals surface area contributed by atoms with Crippen LogP contribution in [0.3, 0.4) is 0 Å². The Morgan fingerprint density at radius 1 is 1.03 bits per heavy atom. The second kappa shape index (κ2) is 11.3. The smallest absolute Gasteiger partial charge is 0.321 e. The molecule has 0 radical (unpaired) electrons. The molecule has 0 fully saturated rings. The quantitative estimate of drug-likeness (QED) is 0.402. The lowest BCUT2D eigenvalue weighted by atomic mass is 9.90. The summed E-state index contributed by atoms with van der Waals surface area (Å²) in [6, 6.07) is 16.9. The zero-order valence-electron chi connectivity index (χ0n) is 22.2. The molecule has 0 bridgehead atoms. The van der Waals surface area contributed by atoms with Crippen LogP contribution < -0.4 is 20.9 Å². The lowest BCUT2D eigenvalue weighted by Gasteiger charge is -2.28. The molecule has 1 aliphatic heterocycles. The van der Waals surface area contributed by atoms with Gasteiger partial charge < -0.3 is 20.9 Å². The number of hydrogen-bond donors (Lipinski definition) is 3. The number of rotatable bonds is 7. The number of Topliss-reactive ketones (excluding diaryl/α,β-unsaturated/α-hetero) is 1. The predicted octanol–water partition coefficient (Wildman–Crippen LogP) is 3.91. The van der Waals surface area contributed by atoms with Crippen LogP contribution in [-0.4, -0.2) is 47.5 Å². The highest BCUT2D eigenvalue weighted by Crippen LogP contribution is 2.29. The molecule has 3 N–H and O–H groups in total. The number of nitrogens with zero attached hydrogens (tertiary/aromatic N) is 3. The highest BCUT2D eigenvalue weighted by atomic mass is 16.2. The van der Waals surface area contributed by atoms with Gasteiger partial charge in [0.15, 0.2) is 5.78 Å². The van der Waals surface area contributed by atoms with E-state index in [1.807, 2.05) is 6.07 Å². The molecule has 200 valence electrons. The van der Waals surface area contributed by atoms with Gasteiger partial charge >= 0.3 is 6.03 Å². The number of amides is 4. The third kappa shape index (κ3) is 6.01. The molecule has 2 heterocycles. The first-order valence-corrected chi connectivity index (χ1v) is 12.4. The van der Waals surface area contributed by atoms with Crippen LogP contribution in [0.25, 0.3) is 0 Å². The standard InChI is InChI=1S/C29H30N6O4/c1-18-10-9-13-21(24(18)31-17-36)32-28(39)34-26-27(38)35(16-23(37)29(2,3)4)22-14-6-5-11-19(22)25(33-26)20-12-7-8-15-30-20/h5-15,17,26H,16H2,1-4H3,(H,31,36)(H2,32,34,39)/t26-/m0/s1. The van der Waals surface area contributed by atoms with Crippen LogP contribution in [0.2, 0.25) is 0 Å². The van der Waals surface area contributed by atoms with Crippen molar-refractivity contribution in [2.75, 3.05) is 22.1 Å². The first-order valence-electron chi connectivity index (χ1n) is 12.4. The minimum Gasteiger partial charge on any atom is -0.327 e. The second-order valence-electron chi connectivity index (χ2n) is 10.1. The molecule has 10 nitrogen and oxygen atoms in total. The maximum atomic E-state index is 13.9. The molecule has 0 unspecified atom stereocenters. The van der Waals surface area contributed by atoms with E-state index in [1.54, 1.807) is 88.5 Å². The predicted molar refractivity (Wildman–Crippen MR) is 150 cm³/mol. The number of aryl methyl sites for hydroxylation is 1.